The quantitative estimate of drug-likeness (QED) is 0.618. The van der Waals surface area contributed by atoms with Gasteiger partial charge >= 0.3 is 12.1 Å². The molecule has 1 aromatic heterocycles. The van der Waals surface area contributed by atoms with Crippen molar-refractivity contribution in [2.75, 3.05) is 24.5 Å². The van der Waals surface area contributed by atoms with Gasteiger partial charge in [-0.3, -0.25) is 9.69 Å². The number of carboxylic acids is 1. The maximum atomic E-state index is 15.6. The van der Waals surface area contributed by atoms with Crippen molar-refractivity contribution in [1.82, 2.24) is 4.90 Å². The fourth-order valence-electron chi connectivity index (χ4n) is 4.16. The summed E-state index contributed by atoms with van der Waals surface area (Å²) in [5.74, 6) is -3.53. The van der Waals surface area contributed by atoms with Gasteiger partial charge in [-0.1, -0.05) is 24.3 Å². The summed E-state index contributed by atoms with van der Waals surface area (Å²) in [4.78, 5) is 26.6. The van der Waals surface area contributed by atoms with Gasteiger partial charge in [0.15, 0.2) is 5.67 Å². The third-order valence-electron chi connectivity index (χ3n) is 5.78. The Bertz CT molecular complexity index is 1070. The molecule has 1 amide bonds. The van der Waals surface area contributed by atoms with E-state index in [0.717, 1.165) is 20.9 Å². The van der Waals surface area contributed by atoms with Crippen LogP contribution in [0, 0.1) is 13.8 Å². The molecule has 0 aliphatic carbocycles. The van der Waals surface area contributed by atoms with E-state index in [1.165, 1.54) is 16.2 Å². The molecule has 2 fully saturated rings. The van der Waals surface area contributed by atoms with Crippen LogP contribution in [0.1, 0.15) is 20.9 Å². The highest BCUT2D eigenvalue weighted by atomic mass is 32.1. The Morgan fingerprint density at radius 2 is 1.65 bits per heavy atom. The third-order valence-corrected chi connectivity index (χ3v) is 6.73. The van der Waals surface area contributed by atoms with Crippen LogP contribution in [-0.2, 0) is 22.7 Å². The van der Waals surface area contributed by atoms with Crippen molar-refractivity contribution in [3.63, 3.8) is 0 Å². The van der Waals surface area contributed by atoms with Gasteiger partial charge in [-0.2, -0.15) is 13.2 Å². The van der Waals surface area contributed by atoms with E-state index in [1.807, 2.05) is 32.0 Å². The van der Waals surface area contributed by atoms with Crippen molar-refractivity contribution in [3.05, 3.63) is 51.2 Å². The van der Waals surface area contributed by atoms with Crippen LogP contribution in [0.3, 0.4) is 0 Å². The minimum Gasteiger partial charge on any atom is -0.475 e. The number of carbonyl (C=O) groups excluding carboxylic acids is 1. The van der Waals surface area contributed by atoms with Crippen molar-refractivity contribution in [3.8, 4) is 0 Å². The Morgan fingerprint density at radius 1 is 1.09 bits per heavy atom. The SMILES string of the molecule is Cc1cc(N2C[C@@]3(F)CN(Cc4ccc(CO)cc4)C[C@@]3(F)C2=O)c(C)s1.O=C(O)C(F)(F)F. The van der Waals surface area contributed by atoms with Gasteiger partial charge in [0, 0.05) is 29.4 Å². The number of aliphatic hydroxyl groups is 1. The van der Waals surface area contributed by atoms with E-state index in [9.17, 15) is 18.0 Å². The molecule has 2 N–H and O–H groups in total. The van der Waals surface area contributed by atoms with Crippen molar-refractivity contribution in [2.45, 2.75) is 44.5 Å². The summed E-state index contributed by atoms with van der Waals surface area (Å²) < 4.78 is 62.9. The van der Waals surface area contributed by atoms with E-state index < -0.39 is 29.4 Å². The highest BCUT2D eigenvalue weighted by molar-refractivity contribution is 7.12. The van der Waals surface area contributed by atoms with Crippen LogP contribution < -0.4 is 4.90 Å². The third kappa shape index (κ3) is 4.93. The number of alkyl halides is 5. The zero-order valence-corrected chi connectivity index (χ0v) is 19.1. The lowest BCUT2D eigenvalue weighted by atomic mass is 9.93. The standard InChI is InChI=1S/C20H22F2N2O2S.C2HF3O2/c1-13-7-17(14(2)27-13)24-11-19(21)10-23(12-20(19,22)18(24)26)8-15-3-5-16(9-25)6-4-15;3-2(4,5)1(6)7/h3-7,25H,8-12H2,1-2H3;(H,6,7)/t19-,20+;/m0./s1. The van der Waals surface area contributed by atoms with Crippen molar-refractivity contribution < 1.29 is 41.8 Å². The average Bonchev–Trinajstić information content (AvgIpc) is 3.27. The molecule has 34 heavy (non-hydrogen) atoms. The van der Waals surface area contributed by atoms with E-state index >= 15 is 8.78 Å². The van der Waals surface area contributed by atoms with Gasteiger partial charge in [-0.25, -0.2) is 13.6 Å². The van der Waals surface area contributed by atoms with Crippen molar-refractivity contribution >= 4 is 28.9 Å². The lowest BCUT2D eigenvalue weighted by Gasteiger charge is -2.22. The first kappa shape index (κ1) is 26.0. The number of aliphatic carboxylic acids is 1. The van der Waals surface area contributed by atoms with Crippen molar-refractivity contribution in [2.24, 2.45) is 0 Å². The smallest absolute Gasteiger partial charge is 0.475 e. The number of halogens is 5. The number of carbonyl (C=O) groups is 2. The first-order chi connectivity index (χ1) is 15.7. The fourth-order valence-corrected chi connectivity index (χ4v) is 5.08. The Labute approximate surface area is 196 Å². The minimum atomic E-state index is -5.08. The van der Waals surface area contributed by atoms with Crippen LogP contribution in [0.5, 0.6) is 0 Å². The molecule has 2 aliphatic rings. The van der Waals surface area contributed by atoms with E-state index in [-0.39, 0.29) is 26.2 Å². The largest absolute Gasteiger partial charge is 0.490 e. The molecule has 2 aliphatic heterocycles. The van der Waals surface area contributed by atoms with Crippen LogP contribution in [0.15, 0.2) is 30.3 Å². The lowest BCUT2D eigenvalue weighted by molar-refractivity contribution is -0.192. The summed E-state index contributed by atoms with van der Waals surface area (Å²) in [5.41, 5.74) is -2.42. The summed E-state index contributed by atoms with van der Waals surface area (Å²) >= 11 is 1.52. The Hall–Kier alpha value is -2.57. The molecule has 0 saturated carbocycles. The summed E-state index contributed by atoms with van der Waals surface area (Å²) in [6, 6.07) is 9.07. The maximum Gasteiger partial charge on any atom is 0.490 e. The highest BCUT2D eigenvalue weighted by Gasteiger charge is 2.71. The molecular weight excluding hydrogens is 483 g/mol. The van der Waals surface area contributed by atoms with Gasteiger partial charge in [0.25, 0.3) is 5.91 Å². The van der Waals surface area contributed by atoms with Crippen molar-refractivity contribution in [1.29, 1.82) is 0 Å². The number of nitrogens with zero attached hydrogens (tertiary/aromatic N) is 2. The second-order valence-electron chi connectivity index (χ2n) is 8.38. The zero-order valence-electron chi connectivity index (χ0n) is 18.3. The monoisotopic (exact) mass is 506 g/mol. The van der Waals surface area contributed by atoms with Gasteiger partial charge in [-0.05, 0) is 31.0 Å². The first-order valence-corrected chi connectivity index (χ1v) is 11.0. The van der Waals surface area contributed by atoms with Crippen LogP contribution >= 0.6 is 11.3 Å². The lowest BCUT2D eigenvalue weighted by Crippen LogP contribution is -2.47. The average molecular weight is 506 g/mol. The minimum absolute atomic E-state index is 0.0447. The topological polar surface area (TPSA) is 81.1 Å². The first-order valence-electron chi connectivity index (χ1n) is 10.2. The Morgan fingerprint density at radius 3 is 2.09 bits per heavy atom. The summed E-state index contributed by atoms with van der Waals surface area (Å²) in [6.45, 7) is 3.50. The number of anilines is 1. The van der Waals surface area contributed by atoms with E-state index in [4.69, 9.17) is 15.0 Å². The van der Waals surface area contributed by atoms with Crippen LogP contribution in [-0.4, -0.2) is 64.1 Å². The zero-order chi connectivity index (χ0) is 25.5. The molecule has 2 saturated heterocycles. The van der Waals surface area contributed by atoms with Gasteiger partial charge in [0.05, 0.1) is 18.8 Å². The molecule has 1 aromatic carbocycles. The summed E-state index contributed by atoms with van der Waals surface area (Å²) in [6.07, 6.45) is -5.08. The molecule has 0 radical (unpaired) electrons. The number of aryl methyl sites for hydroxylation is 2. The van der Waals surface area contributed by atoms with E-state index in [0.29, 0.717) is 12.2 Å². The number of fused-ring (bicyclic) bond motifs is 1. The van der Waals surface area contributed by atoms with Crippen LogP contribution in [0.2, 0.25) is 0 Å². The van der Waals surface area contributed by atoms with Gasteiger partial charge in [0.2, 0.25) is 5.67 Å². The summed E-state index contributed by atoms with van der Waals surface area (Å²) in [7, 11) is 0. The second-order valence-corrected chi connectivity index (χ2v) is 9.84. The number of hydrogen-bond donors (Lipinski definition) is 2. The fraction of sp³-hybridized carbons (Fsp3) is 0.455. The number of aliphatic hydroxyl groups excluding tert-OH is 1. The normalized spacial score (nSPS) is 24.7. The van der Waals surface area contributed by atoms with Crippen LogP contribution in [0.4, 0.5) is 27.6 Å². The molecule has 2 atom stereocenters. The number of thiophene rings is 1. The molecule has 0 bridgehead atoms. The summed E-state index contributed by atoms with van der Waals surface area (Å²) in [5, 5.41) is 16.2. The number of amides is 1. The molecular formula is C22H23F5N2O4S. The second kappa shape index (κ2) is 9.23. The Kier molecular flexibility index (Phi) is 7.07. The van der Waals surface area contributed by atoms with E-state index in [1.54, 1.807) is 17.0 Å². The highest BCUT2D eigenvalue weighted by Crippen LogP contribution is 2.48. The predicted molar refractivity (Wildman–Crippen MR) is 115 cm³/mol. The molecule has 12 heteroatoms. The van der Waals surface area contributed by atoms with Gasteiger partial charge < -0.3 is 15.1 Å². The number of rotatable bonds is 4. The molecule has 3 heterocycles. The maximum absolute atomic E-state index is 15.6. The molecule has 4 rings (SSSR count). The predicted octanol–water partition coefficient (Wildman–Crippen LogP) is 3.77. The molecule has 0 spiro atoms. The molecule has 6 nitrogen and oxygen atoms in total. The number of benzene rings is 1. The number of likely N-dealkylation sites (tertiary alicyclic amines) is 1. The molecule has 186 valence electrons. The van der Waals surface area contributed by atoms with E-state index in [2.05, 4.69) is 0 Å². The number of carboxylic acid groups (broad SMARTS) is 1. The van der Waals surface area contributed by atoms with Gasteiger partial charge in [-0.15, -0.1) is 11.3 Å². The van der Waals surface area contributed by atoms with Crippen LogP contribution in [0.25, 0.3) is 0 Å². The van der Waals surface area contributed by atoms with Gasteiger partial charge in [0.1, 0.15) is 0 Å². The molecule has 0 unspecified atom stereocenters. The molecule has 2 aromatic rings. The number of hydrogen-bond acceptors (Lipinski definition) is 5. The Balaban J connectivity index is 0.000000406.